The van der Waals surface area contributed by atoms with Crippen molar-refractivity contribution in [2.75, 3.05) is 19.8 Å². The van der Waals surface area contributed by atoms with Gasteiger partial charge in [0.1, 0.15) is 0 Å². The molecule has 2 N–H and O–H groups in total. The number of hydrogen-bond donors (Lipinski definition) is 1. The highest BCUT2D eigenvalue weighted by Gasteiger charge is 2.21. The number of hydrogen-bond acceptors (Lipinski definition) is 5. The summed E-state index contributed by atoms with van der Waals surface area (Å²) in [4.78, 5) is 11.4. The van der Waals surface area contributed by atoms with Gasteiger partial charge >= 0.3 is 5.97 Å². The van der Waals surface area contributed by atoms with Gasteiger partial charge in [0.15, 0.2) is 18.1 Å². The highest BCUT2D eigenvalue weighted by Crippen LogP contribution is 2.35. The standard InChI is InChI=1S/C15H21NO4/c1-3-18-13-7-10-5-12(16)6-11(10)8-14(13)20-9-15(17)19-4-2/h7-8,12H,3-6,9,16H2,1-2H3. The smallest absolute Gasteiger partial charge is 0.344 e. The Kier molecular flexibility index (Phi) is 4.84. The Morgan fingerprint density at radius 1 is 1.15 bits per heavy atom. The van der Waals surface area contributed by atoms with Crippen LogP contribution in [0.15, 0.2) is 12.1 Å². The molecule has 0 aromatic heterocycles. The largest absolute Gasteiger partial charge is 0.490 e. The van der Waals surface area contributed by atoms with Crippen LogP contribution >= 0.6 is 0 Å². The van der Waals surface area contributed by atoms with E-state index in [-0.39, 0.29) is 18.6 Å². The third-order valence-corrected chi connectivity index (χ3v) is 3.18. The summed E-state index contributed by atoms with van der Waals surface area (Å²) in [7, 11) is 0. The van der Waals surface area contributed by atoms with Crippen LogP contribution in [0.4, 0.5) is 0 Å². The molecule has 1 atom stereocenters. The molecule has 0 saturated carbocycles. The Labute approximate surface area is 119 Å². The molecule has 1 unspecified atom stereocenters. The van der Waals surface area contributed by atoms with Crippen LogP contribution in [0.25, 0.3) is 0 Å². The van der Waals surface area contributed by atoms with E-state index in [2.05, 4.69) is 0 Å². The molecule has 1 aromatic carbocycles. The fourth-order valence-electron chi connectivity index (χ4n) is 2.38. The Morgan fingerprint density at radius 3 is 2.30 bits per heavy atom. The van der Waals surface area contributed by atoms with Crippen molar-refractivity contribution in [3.8, 4) is 11.5 Å². The van der Waals surface area contributed by atoms with Crippen LogP contribution < -0.4 is 15.2 Å². The van der Waals surface area contributed by atoms with E-state index in [0.29, 0.717) is 24.7 Å². The molecule has 0 bridgehead atoms. The summed E-state index contributed by atoms with van der Waals surface area (Å²) in [5.41, 5.74) is 8.33. The van der Waals surface area contributed by atoms with Gasteiger partial charge in [0, 0.05) is 6.04 Å². The maximum absolute atomic E-state index is 11.4. The monoisotopic (exact) mass is 279 g/mol. The zero-order valence-electron chi connectivity index (χ0n) is 12.0. The van der Waals surface area contributed by atoms with Crippen molar-refractivity contribution in [2.24, 2.45) is 5.73 Å². The topological polar surface area (TPSA) is 70.8 Å². The van der Waals surface area contributed by atoms with Crippen molar-refractivity contribution in [2.45, 2.75) is 32.7 Å². The van der Waals surface area contributed by atoms with Crippen molar-refractivity contribution in [3.63, 3.8) is 0 Å². The maximum atomic E-state index is 11.4. The van der Waals surface area contributed by atoms with Gasteiger partial charge in [-0.2, -0.15) is 0 Å². The first-order valence-electron chi connectivity index (χ1n) is 6.96. The molecule has 1 aliphatic carbocycles. The van der Waals surface area contributed by atoms with Crippen LogP contribution in [0, 0.1) is 0 Å². The first kappa shape index (κ1) is 14.7. The predicted molar refractivity (Wildman–Crippen MR) is 75.1 cm³/mol. The number of nitrogens with two attached hydrogens (primary N) is 1. The third-order valence-electron chi connectivity index (χ3n) is 3.18. The van der Waals surface area contributed by atoms with E-state index in [1.54, 1.807) is 6.92 Å². The highest BCUT2D eigenvalue weighted by atomic mass is 16.6. The van der Waals surface area contributed by atoms with E-state index in [1.807, 2.05) is 19.1 Å². The van der Waals surface area contributed by atoms with Gasteiger partial charge in [0.05, 0.1) is 13.2 Å². The summed E-state index contributed by atoms with van der Waals surface area (Å²) in [5.74, 6) is 0.851. The molecule has 0 spiro atoms. The van der Waals surface area contributed by atoms with Crippen molar-refractivity contribution in [1.29, 1.82) is 0 Å². The molecule has 0 amide bonds. The number of carbonyl (C=O) groups is 1. The number of benzene rings is 1. The highest BCUT2D eigenvalue weighted by molar-refractivity contribution is 5.71. The lowest BCUT2D eigenvalue weighted by atomic mass is 10.1. The second-order valence-corrected chi connectivity index (χ2v) is 4.76. The van der Waals surface area contributed by atoms with Gasteiger partial charge in [-0.1, -0.05) is 0 Å². The van der Waals surface area contributed by atoms with Crippen molar-refractivity contribution >= 4 is 5.97 Å². The van der Waals surface area contributed by atoms with E-state index in [4.69, 9.17) is 19.9 Å². The summed E-state index contributed by atoms with van der Waals surface area (Å²) in [6.45, 7) is 4.45. The van der Waals surface area contributed by atoms with Gasteiger partial charge in [-0.15, -0.1) is 0 Å². The molecule has 1 aromatic rings. The number of esters is 1. The van der Waals surface area contributed by atoms with E-state index >= 15 is 0 Å². The van der Waals surface area contributed by atoms with Crippen LogP contribution in [-0.4, -0.2) is 31.8 Å². The Bertz CT molecular complexity index is 487. The Hall–Kier alpha value is -1.75. The fraction of sp³-hybridized carbons (Fsp3) is 0.533. The number of carbonyl (C=O) groups excluding carboxylic acids is 1. The van der Waals surface area contributed by atoms with E-state index in [9.17, 15) is 4.79 Å². The van der Waals surface area contributed by atoms with E-state index in [0.717, 1.165) is 12.8 Å². The lowest BCUT2D eigenvalue weighted by Crippen LogP contribution is -2.19. The molecule has 0 radical (unpaired) electrons. The van der Waals surface area contributed by atoms with Crippen LogP contribution in [0.5, 0.6) is 11.5 Å². The number of ether oxygens (including phenoxy) is 3. The van der Waals surface area contributed by atoms with Crippen molar-refractivity contribution < 1.29 is 19.0 Å². The molecule has 0 aliphatic heterocycles. The van der Waals surface area contributed by atoms with Crippen LogP contribution in [0.2, 0.25) is 0 Å². The van der Waals surface area contributed by atoms with E-state index in [1.165, 1.54) is 11.1 Å². The van der Waals surface area contributed by atoms with Gasteiger partial charge in [0.2, 0.25) is 0 Å². The molecule has 110 valence electrons. The zero-order chi connectivity index (χ0) is 14.5. The van der Waals surface area contributed by atoms with E-state index < -0.39 is 0 Å². The lowest BCUT2D eigenvalue weighted by Gasteiger charge is -2.13. The minimum Gasteiger partial charge on any atom is -0.490 e. The summed E-state index contributed by atoms with van der Waals surface area (Å²) < 4.78 is 15.9. The molecule has 0 fully saturated rings. The first-order valence-corrected chi connectivity index (χ1v) is 6.96. The van der Waals surface area contributed by atoms with Gasteiger partial charge in [0.25, 0.3) is 0 Å². The second-order valence-electron chi connectivity index (χ2n) is 4.76. The second kappa shape index (κ2) is 6.61. The lowest BCUT2D eigenvalue weighted by molar-refractivity contribution is -0.145. The quantitative estimate of drug-likeness (QED) is 0.798. The van der Waals surface area contributed by atoms with Gasteiger partial charge in [-0.25, -0.2) is 4.79 Å². The summed E-state index contributed by atoms with van der Waals surface area (Å²) in [6.07, 6.45) is 1.69. The molecule has 0 saturated heterocycles. The minimum atomic E-state index is -0.382. The summed E-state index contributed by atoms with van der Waals surface area (Å²) in [5, 5.41) is 0. The molecule has 0 heterocycles. The number of fused-ring (bicyclic) bond motifs is 1. The van der Waals surface area contributed by atoms with Crippen LogP contribution in [0.3, 0.4) is 0 Å². The molecule has 2 rings (SSSR count). The minimum absolute atomic E-state index is 0.112. The van der Waals surface area contributed by atoms with Crippen LogP contribution in [0.1, 0.15) is 25.0 Å². The molecule has 1 aliphatic rings. The Morgan fingerprint density at radius 2 is 1.75 bits per heavy atom. The van der Waals surface area contributed by atoms with Crippen LogP contribution in [-0.2, 0) is 22.4 Å². The maximum Gasteiger partial charge on any atom is 0.344 e. The average molecular weight is 279 g/mol. The van der Waals surface area contributed by atoms with Gasteiger partial charge in [-0.3, -0.25) is 0 Å². The first-order chi connectivity index (χ1) is 9.63. The summed E-state index contributed by atoms with van der Waals surface area (Å²) >= 11 is 0. The molecule has 20 heavy (non-hydrogen) atoms. The molecular formula is C15H21NO4. The molecular weight excluding hydrogens is 258 g/mol. The molecule has 5 nitrogen and oxygen atoms in total. The molecule has 5 heteroatoms. The number of rotatable bonds is 6. The Balaban J connectivity index is 2.14. The van der Waals surface area contributed by atoms with Gasteiger partial charge < -0.3 is 19.9 Å². The normalized spacial score (nSPS) is 16.6. The van der Waals surface area contributed by atoms with Gasteiger partial charge in [-0.05, 0) is 49.9 Å². The zero-order valence-corrected chi connectivity index (χ0v) is 12.0. The fourth-order valence-corrected chi connectivity index (χ4v) is 2.38. The third kappa shape index (κ3) is 3.42. The summed E-state index contributed by atoms with van der Waals surface area (Å²) in [6, 6.07) is 4.04. The average Bonchev–Trinajstić information content (AvgIpc) is 2.76. The SMILES string of the molecule is CCOC(=O)COc1cc2c(cc1OCC)CC(N)C2. The predicted octanol–water partition coefficient (Wildman–Crippen LogP) is 1.45. The van der Waals surface area contributed by atoms with Crippen molar-refractivity contribution in [3.05, 3.63) is 23.3 Å². The van der Waals surface area contributed by atoms with Crippen molar-refractivity contribution in [1.82, 2.24) is 0 Å².